The molecule has 0 aliphatic heterocycles. The number of oxazole rings is 1. The van der Waals surface area contributed by atoms with E-state index in [1.807, 2.05) is 11.0 Å². The van der Waals surface area contributed by atoms with Crippen molar-refractivity contribution >= 4 is 6.01 Å². The predicted molar refractivity (Wildman–Crippen MR) is 57.1 cm³/mol. The quantitative estimate of drug-likeness (QED) is 0.699. The minimum Gasteiger partial charge on any atom is -0.432 e. The second-order valence-corrected chi connectivity index (χ2v) is 3.06. The molecule has 0 bridgehead atoms. The first-order valence-electron chi connectivity index (χ1n) is 4.82. The highest BCUT2D eigenvalue weighted by atomic mass is 16.4. The predicted octanol–water partition coefficient (Wildman–Crippen LogP) is 1.54. The van der Waals surface area contributed by atoms with Crippen molar-refractivity contribution in [2.24, 2.45) is 5.73 Å². The highest BCUT2D eigenvalue weighted by Crippen LogP contribution is 2.13. The number of hydrogen-bond acceptors (Lipinski definition) is 4. The first-order valence-corrected chi connectivity index (χ1v) is 4.82. The lowest BCUT2D eigenvalue weighted by atomic mass is 10.4. The van der Waals surface area contributed by atoms with Crippen LogP contribution in [0.4, 0.5) is 6.01 Å². The largest absolute Gasteiger partial charge is 0.432 e. The van der Waals surface area contributed by atoms with Gasteiger partial charge in [0.15, 0.2) is 0 Å². The molecule has 14 heavy (non-hydrogen) atoms. The zero-order valence-corrected chi connectivity index (χ0v) is 8.57. The van der Waals surface area contributed by atoms with E-state index in [-0.39, 0.29) is 0 Å². The summed E-state index contributed by atoms with van der Waals surface area (Å²) in [5, 5.41) is 0. The summed E-state index contributed by atoms with van der Waals surface area (Å²) < 4.78 is 5.31. The Morgan fingerprint density at radius 3 is 3.00 bits per heavy atom. The Balaban J connectivity index is 2.70. The molecule has 0 amide bonds. The third-order valence-electron chi connectivity index (χ3n) is 1.86. The summed E-state index contributed by atoms with van der Waals surface area (Å²) in [4.78, 5) is 6.29. The van der Waals surface area contributed by atoms with E-state index in [0.717, 1.165) is 25.2 Å². The van der Waals surface area contributed by atoms with Gasteiger partial charge in [-0.25, -0.2) is 0 Å². The summed E-state index contributed by atoms with van der Waals surface area (Å²) in [6, 6.07) is 0.632. The van der Waals surface area contributed by atoms with Crippen LogP contribution >= 0.6 is 0 Å². The van der Waals surface area contributed by atoms with Crippen molar-refractivity contribution in [2.75, 3.05) is 18.0 Å². The van der Waals surface area contributed by atoms with E-state index < -0.39 is 0 Å². The maximum absolute atomic E-state index is 5.45. The van der Waals surface area contributed by atoms with Gasteiger partial charge in [0.05, 0.1) is 5.69 Å². The molecule has 0 radical (unpaired) electrons. The van der Waals surface area contributed by atoms with Gasteiger partial charge in [-0.15, -0.1) is 6.58 Å². The van der Waals surface area contributed by atoms with E-state index in [4.69, 9.17) is 10.2 Å². The number of nitrogens with two attached hydrogens (primary N) is 1. The fourth-order valence-corrected chi connectivity index (χ4v) is 1.23. The van der Waals surface area contributed by atoms with Crippen LogP contribution in [-0.2, 0) is 6.54 Å². The molecule has 78 valence electrons. The van der Waals surface area contributed by atoms with Crippen molar-refractivity contribution in [3.05, 3.63) is 24.6 Å². The van der Waals surface area contributed by atoms with Gasteiger partial charge in [0, 0.05) is 19.6 Å². The lowest BCUT2D eigenvalue weighted by Crippen LogP contribution is -2.24. The zero-order chi connectivity index (χ0) is 10.4. The summed E-state index contributed by atoms with van der Waals surface area (Å²) in [6.07, 6.45) is 4.48. The lowest BCUT2D eigenvalue weighted by molar-refractivity contribution is 0.537. The van der Waals surface area contributed by atoms with Crippen molar-refractivity contribution in [1.29, 1.82) is 0 Å². The van der Waals surface area contributed by atoms with E-state index in [1.165, 1.54) is 0 Å². The SMILES string of the molecule is C=CCN(CCC)c1nc(CN)co1. The molecule has 0 atom stereocenters. The van der Waals surface area contributed by atoms with Crippen LogP contribution in [0.25, 0.3) is 0 Å². The second kappa shape index (κ2) is 5.44. The van der Waals surface area contributed by atoms with Crippen molar-refractivity contribution in [1.82, 2.24) is 4.98 Å². The average Bonchev–Trinajstić information content (AvgIpc) is 2.65. The molecule has 0 aliphatic carbocycles. The summed E-state index contributed by atoms with van der Waals surface area (Å²) in [6.45, 7) is 7.89. The van der Waals surface area contributed by atoms with E-state index in [9.17, 15) is 0 Å². The fourth-order valence-electron chi connectivity index (χ4n) is 1.23. The Kier molecular flexibility index (Phi) is 4.19. The third kappa shape index (κ3) is 2.60. The molecule has 0 aromatic carbocycles. The Morgan fingerprint density at radius 2 is 2.50 bits per heavy atom. The summed E-state index contributed by atoms with van der Waals surface area (Å²) in [7, 11) is 0. The van der Waals surface area contributed by atoms with Crippen LogP contribution in [0.3, 0.4) is 0 Å². The van der Waals surface area contributed by atoms with Crippen LogP contribution < -0.4 is 10.6 Å². The summed E-state index contributed by atoms with van der Waals surface area (Å²) >= 11 is 0. The van der Waals surface area contributed by atoms with Gasteiger partial charge in [0.1, 0.15) is 6.26 Å². The molecule has 0 aliphatic rings. The zero-order valence-electron chi connectivity index (χ0n) is 8.57. The van der Waals surface area contributed by atoms with Crippen LogP contribution in [-0.4, -0.2) is 18.1 Å². The molecular formula is C10H17N3O. The third-order valence-corrected chi connectivity index (χ3v) is 1.86. The van der Waals surface area contributed by atoms with Gasteiger partial charge in [-0.3, -0.25) is 0 Å². The van der Waals surface area contributed by atoms with Gasteiger partial charge in [-0.2, -0.15) is 4.98 Å². The smallest absolute Gasteiger partial charge is 0.297 e. The molecule has 0 saturated heterocycles. The van der Waals surface area contributed by atoms with E-state index in [0.29, 0.717) is 12.6 Å². The normalized spacial score (nSPS) is 10.1. The molecular weight excluding hydrogens is 178 g/mol. The number of hydrogen-bond donors (Lipinski definition) is 1. The van der Waals surface area contributed by atoms with E-state index in [2.05, 4.69) is 18.5 Å². The molecule has 2 N–H and O–H groups in total. The molecule has 1 rings (SSSR count). The maximum atomic E-state index is 5.45. The first-order chi connectivity index (χ1) is 6.81. The number of aromatic nitrogens is 1. The molecule has 1 aromatic heterocycles. The van der Waals surface area contributed by atoms with Crippen molar-refractivity contribution in [2.45, 2.75) is 19.9 Å². The molecule has 4 nitrogen and oxygen atoms in total. The minimum atomic E-state index is 0.414. The van der Waals surface area contributed by atoms with Crippen LogP contribution in [0.5, 0.6) is 0 Å². The maximum Gasteiger partial charge on any atom is 0.297 e. The van der Waals surface area contributed by atoms with Crippen molar-refractivity contribution < 1.29 is 4.42 Å². The monoisotopic (exact) mass is 195 g/mol. The highest BCUT2D eigenvalue weighted by Gasteiger charge is 2.09. The molecule has 4 heteroatoms. The first kappa shape index (κ1) is 10.8. The van der Waals surface area contributed by atoms with Gasteiger partial charge in [-0.05, 0) is 6.42 Å². The van der Waals surface area contributed by atoms with E-state index in [1.54, 1.807) is 6.26 Å². The minimum absolute atomic E-state index is 0.414. The topological polar surface area (TPSA) is 55.3 Å². The Bertz CT molecular complexity index is 283. The Labute approximate surface area is 84.4 Å². The van der Waals surface area contributed by atoms with Crippen LogP contribution in [0, 0.1) is 0 Å². The summed E-state index contributed by atoms with van der Waals surface area (Å²) in [5.41, 5.74) is 6.23. The fraction of sp³-hybridized carbons (Fsp3) is 0.500. The Morgan fingerprint density at radius 1 is 1.71 bits per heavy atom. The molecule has 0 fully saturated rings. The molecule has 0 saturated carbocycles. The molecule has 0 spiro atoms. The molecule has 0 unspecified atom stereocenters. The standard InChI is InChI=1S/C10H17N3O/c1-3-5-13(6-4-2)10-12-9(7-11)8-14-10/h3,8H,1,4-7,11H2,2H3. The van der Waals surface area contributed by atoms with Crippen molar-refractivity contribution in [3.63, 3.8) is 0 Å². The number of nitrogens with zero attached hydrogens (tertiary/aromatic N) is 2. The van der Waals surface area contributed by atoms with E-state index >= 15 is 0 Å². The number of rotatable bonds is 6. The van der Waals surface area contributed by atoms with Crippen molar-refractivity contribution in [3.8, 4) is 0 Å². The highest BCUT2D eigenvalue weighted by molar-refractivity contribution is 5.27. The van der Waals surface area contributed by atoms with Gasteiger partial charge >= 0.3 is 0 Å². The average molecular weight is 195 g/mol. The van der Waals surface area contributed by atoms with Gasteiger partial charge in [-0.1, -0.05) is 13.0 Å². The molecule has 1 aromatic rings. The van der Waals surface area contributed by atoms with Crippen LogP contribution in [0.1, 0.15) is 19.0 Å². The second-order valence-electron chi connectivity index (χ2n) is 3.06. The van der Waals surface area contributed by atoms with Crippen LogP contribution in [0.2, 0.25) is 0 Å². The number of anilines is 1. The van der Waals surface area contributed by atoms with Gasteiger partial charge in [0.2, 0.25) is 0 Å². The van der Waals surface area contributed by atoms with Gasteiger partial charge in [0.25, 0.3) is 6.01 Å². The summed E-state index contributed by atoms with van der Waals surface area (Å²) in [5.74, 6) is 0. The Hall–Kier alpha value is -1.29. The van der Waals surface area contributed by atoms with Crippen LogP contribution in [0.15, 0.2) is 23.3 Å². The lowest BCUT2D eigenvalue weighted by Gasteiger charge is -2.17. The molecule has 1 heterocycles. The van der Waals surface area contributed by atoms with Gasteiger partial charge < -0.3 is 15.1 Å².